The lowest BCUT2D eigenvalue weighted by Gasteiger charge is -2.09. The second kappa shape index (κ2) is 10.4. The zero-order chi connectivity index (χ0) is 13.1. The maximum absolute atomic E-state index is 11.6. The van der Waals surface area contributed by atoms with E-state index in [1.54, 1.807) is 0 Å². The number of carbonyl (C=O) groups is 1. The number of nitrogens with one attached hydrogen (secondary N) is 2. The molecule has 3 heteroatoms. The van der Waals surface area contributed by atoms with Crippen molar-refractivity contribution in [3.63, 3.8) is 0 Å². The molecule has 0 saturated carbocycles. The van der Waals surface area contributed by atoms with E-state index in [2.05, 4.69) is 17.6 Å². The van der Waals surface area contributed by atoms with E-state index in [0.717, 1.165) is 26.1 Å². The summed E-state index contributed by atoms with van der Waals surface area (Å²) in [7, 11) is 0. The van der Waals surface area contributed by atoms with E-state index in [4.69, 9.17) is 0 Å². The molecule has 0 aromatic rings. The Morgan fingerprint density at radius 2 is 1.89 bits per heavy atom. The molecule has 0 aromatic heterocycles. The third-order valence-electron chi connectivity index (χ3n) is 3.76. The van der Waals surface area contributed by atoms with Crippen molar-refractivity contribution in [1.82, 2.24) is 10.6 Å². The fraction of sp³-hybridized carbons (Fsp3) is 0.933. The van der Waals surface area contributed by atoms with Gasteiger partial charge in [-0.25, -0.2) is 0 Å². The molecule has 106 valence electrons. The van der Waals surface area contributed by atoms with E-state index in [9.17, 15) is 4.79 Å². The Morgan fingerprint density at radius 1 is 1.17 bits per heavy atom. The normalized spacial score (nSPS) is 19.1. The molecule has 0 spiro atoms. The summed E-state index contributed by atoms with van der Waals surface area (Å²) in [6.45, 7) is 5.28. The van der Waals surface area contributed by atoms with Gasteiger partial charge in [0.2, 0.25) is 5.91 Å². The highest BCUT2D eigenvalue weighted by Crippen LogP contribution is 2.09. The van der Waals surface area contributed by atoms with Crippen molar-refractivity contribution >= 4 is 5.91 Å². The summed E-state index contributed by atoms with van der Waals surface area (Å²) in [4.78, 5) is 11.6. The van der Waals surface area contributed by atoms with E-state index in [1.807, 2.05) is 0 Å². The number of unbranched alkanes of at least 4 members (excludes halogenated alkanes) is 6. The van der Waals surface area contributed by atoms with Crippen molar-refractivity contribution in [3.8, 4) is 0 Å². The molecule has 0 radical (unpaired) electrons. The lowest BCUT2D eigenvalue weighted by atomic mass is 10.1. The number of amides is 1. The van der Waals surface area contributed by atoms with Crippen LogP contribution in [-0.2, 0) is 4.79 Å². The largest absolute Gasteiger partial charge is 0.356 e. The number of rotatable bonds is 10. The summed E-state index contributed by atoms with van der Waals surface area (Å²) < 4.78 is 0. The van der Waals surface area contributed by atoms with Gasteiger partial charge in [-0.1, -0.05) is 45.4 Å². The van der Waals surface area contributed by atoms with Gasteiger partial charge in [0.1, 0.15) is 0 Å². The van der Waals surface area contributed by atoms with E-state index in [1.165, 1.54) is 44.9 Å². The van der Waals surface area contributed by atoms with Crippen molar-refractivity contribution in [2.24, 2.45) is 5.92 Å². The molecule has 1 saturated heterocycles. The van der Waals surface area contributed by atoms with Gasteiger partial charge in [0, 0.05) is 13.0 Å². The van der Waals surface area contributed by atoms with Crippen LogP contribution in [0.3, 0.4) is 0 Å². The van der Waals surface area contributed by atoms with Crippen LogP contribution in [-0.4, -0.2) is 25.5 Å². The van der Waals surface area contributed by atoms with Crippen LogP contribution < -0.4 is 10.6 Å². The van der Waals surface area contributed by atoms with Crippen LogP contribution in [0.5, 0.6) is 0 Å². The molecule has 1 fully saturated rings. The first-order valence-corrected chi connectivity index (χ1v) is 7.80. The SMILES string of the molecule is CCCCCCCCCC(=O)NCC1CCNC1. The third kappa shape index (κ3) is 7.70. The van der Waals surface area contributed by atoms with Gasteiger partial charge in [0.15, 0.2) is 0 Å². The Morgan fingerprint density at radius 3 is 2.56 bits per heavy atom. The first kappa shape index (κ1) is 15.5. The van der Waals surface area contributed by atoms with Crippen molar-refractivity contribution in [1.29, 1.82) is 0 Å². The van der Waals surface area contributed by atoms with Gasteiger partial charge in [0.25, 0.3) is 0 Å². The summed E-state index contributed by atoms with van der Waals surface area (Å²) in [6.07, 6.45) is 10.8. The highest BCUT2D eigenvalue weighted by atomic mass is 16.1. The van der Waals surface area contributed by atoms with Crippen molar-refractivity contribution < 1.29 is 4.79 Å². The number of carbonyl (C=O) groups excluding carboxylic acids is 1. The average molecular weight is 254 g/mol. The van der Waals surface area contributed by atoms with Gasteiger partial charge in [-0.3, -0.25) is 4.79 Å². The minimum atomic E-state index is 0.246. The molecule has 1 unspecified atom stereocenters. The zero-order valence-electron chi connectivity index (χ0n) is 12.0. The molecule has 1 heterocycles. The summed E-state index contributed by atoms with van der Waals surface area (Å²) in [6, 6.07) is 0. The maximum Gasteiger partial charge on any atom is 0.220 e. The summed E-state index contributed by atoms with van der Waals surface area (Å²) in [5.41, 5.74) is 0. The molecule has 1 amide bonds. The maximum atomic E-state index is 11.6. The summed E-state index contributed by atoms with van der Waals surface area (Å²) >= 11 is 0. The molecule has 3 nitrogen and oxygen atoms in total. The topological polar surface area (TPSA) is 41.1 Å². The molecule has 1 rings (SSSR count). The molecule has 1 aliphatic rings. The molecule has 0 aliphatic carbocycles. The Hall–Kier alpha value is -0.570. The smallest absolute Gasteiger partial charge is 0.220 e. The standard InChI is InChI=1S/C15H30N2O/c1-2-3-4-5-6-7-8-9-15(18)17-13-14-10-11-16-12-14/h14,16H,2-13H2,1H3,(H,17,18). The molecular weight excluding hydrogens is 224 g/mol. The quantitative estimate of drug-likeness (QED) is 0.589. The highest BCUT2D eigenvalue weighted by Gasteiger charge is 2.14. The first-order chi connectivity index (χ1) is 8.83. The molecular formula is C15H30N2O. The van der Waals surface area contributed by atoms with Crippen LogP contribution in [0.25, 0.3) is 0 Å². The van der Waals surface area contributed by atoms with Gasteiger partial charge in [-0.05, 0) is 31.8 Å². The average Bonchev–Trinajstić information content (AvgIpc) is 2.88. The Bertz CT molecular complexity index is 213. The minimum absolute atomic E-state index is 0.246. The van der Waals surface area contributed by atoms with E-state index in [-0.39, 0.29) is 5.91 Å². The molecule has 1 atom stereocenters. The van der Waals surface area contributed by atoms with Gasteiger partial charge < -0.3 is 10.6 Å². The highest BCUT2D eigenvalue weighted by molar-refractivity contribution is 5.75. The van der Waals surface area contributed by atoms with Gasteiger partial charge in [0.05, 0.1) is 0 Å². The van der Waals surface area contributed by atoms with Crippen LogP contribution in [0, 0.1) is 5.92 Å². The minimum Gasteiger partial charge on any atom is -0.356 e. The summed E-state index contributed by atoms with van der Waals surface area (Å²) in [5.74, 6) is 0.901. The Balaban J connectivity index is 1.84. The van der Waals surface area contributed by atoms with E-state index in [0.29, 0.717) is 12.3 Å². The van der Waals surface area contributed by atoms with Gasteiger partial charge >= 0.3 is 0 Å². The fourth-order valence-corrected chi connectivity index (χ4v) is 2.48. The van der Waals surface area contributed by atoms with Gasteiger partial charge in [-0.15, -0.1) is 0 Å². The number of hydrogen-bond acceptors (Lipinski definition) is 2. The molecule has 0 bridgehead atoms. The van der Waals surface area contributed by atoms with Crippen molar-refractivity contribution in [3.05, 3.63) is 0 Å². The lowest BCUT2D eigenvalue weighted by molar-refractivity contribution is -0.121. The van der Waals surface area contributed by atoms with Crippen molar-refractivity contribution in [2.45, 2.75) is 64.7 Å². The van der Waals surface area contributed by atoms with Gasteiger partial charge in [-0.2, -0.15) is 0 Å². The molecule has 18 heavy (non-hydrogen) atoms. The summed E-state index contributed by atoms with van der Waals surface area (Å²) in [5, 5.41) is 6.38. The predicted molar refractivity (Wildman–Crippen MR) is 76.6 cm³/mol. The van der Waals surface area contributed by atoms with Crippen LogP contribution in [0.15, 0.2) is 0 Å². The van der Waals surface area contributed by atoms with E-state index < -0.39 is 0 Å². The lowest BCUT2D eigenvalue weighted by Crippen LogP contribution is -2.29. The first-order valence-electron chi connectivity index (χ1n) is 7.80. The molecule has 0 aromatic carbocycles. The van der Waals surface area contributed by atoms with Crippen LogP contribution >= 0.6 is 0 Å². The monoisotopic (exact) mass is 254 g/mol. The molecule has 2 N–H and O–H groups in total. The zero-order valence-corrected chi connectivity index (χ0v) is 12.0. The van der Waals surface area contributed by atoms with E-state index >= 15 is 0 Å². The predicted octanol–water partition coefficient (Wildman–Crippen LogP) is 2.85. The Labute approximate surface area is 112 Å². The van der Waals surface area contributed by atoms with Crippen LogP contribution in [0.1, 0.15) is 64.7 Å². The Kier molecular flexibility index (Phi) is 8.92. The molecule has 1 aliphatic heterocycles. The number of hydrogen-bond donors (Lipinski definition) is 2. The third-order valence-corrected chi connectivity index (χ3v) is 3.76. The fourth-order valence-electron chi connectivity index (χ4n) is 2.48. The second-order valence-corrected chi connectivity index (χ2v) is 5.53. The van der Waals surface area contributed by atoms with Crippen LogP contribution in [0.2, 0.25) is 0 Å². The van der Waals surface area contributed by atoms with Crippen LogP contribution in [0.4, 0.5) is 0 Å². The van der Waals surface area contributed by atoms with Crippen molar-refractivity contribution in [2.75, 3.05) is 19.6 Å². The second-order valence-electron chi connectivity index (χ2n) is 5.53.